The van der Waals surface area contributed by atoms with Gasteiger partial charge in [-0.05, 0) is 42.0 Å². The molecule has 0 aliphatic carbocycles. The van der Waals surface area contributed by atoms with E-state index in [1.807, 2.05) is 36.4 Å². The Kier molecular flexibility index (Phi) is 4.15. The Hall–Kier alpha value is -1.62. The van der Waals surface area contributed by atoms with Crippen LogP contribution in [-0.4, -0.2) is 0 Å². The molecule has 1 N–H and O–H groups in total. The highest BCUT2D eigenvalue weighted by Gasteiger charge is 1.99. The fourth-order valence-electron chi connectivity index (χ4n) is 1.64. The number of terminal acetylenes is 1. The van der Waals surface area contributed by atoms with Crippen LogP contribution in [0.4, 0.5) is 5.69 Å². The average molecular weight is 276 g/mol. The maximum atomic E-state index is 5.94. The van der Waals surface area contributed by atoms with Crippen molar-refractivity contribution < 1.29 is 0 Å². The van der Waals surface area contributed by atoms with Crippen molar-refractivity contribution in [3.05, 3.63) is 63.6 Å². The zero-order chi connectivity index (χ0) is 13.0. The molecule has 0 atom stereocenters. The van der Waals surface area contributed by atoms with Crippen molar-refractivity contribution >= 4 is 28.9 Å². The van der Waals surface area contributed by atoms with Crippen molar-refractivity contribution in [1.29, 1.82) is 0 Å². The number of halogens is 2. The van der Waals surface area contributed by atoms with Crippen LogP contribution >= 0.6 is 23.2 Å². The van der Waals surface area contributed by atoms with Crippen LogP contribution in [0.1, 0.15) is 11.1 Å². The molecule has 0 fully saturated rings. The molecular formula is C15H11Cl2N. The van der Waals surface area contributed by atoms with Crippen LogP contribution in [0.25, 0.3) is 0 Å². The molecule has 0 heterocycles. The molecule has 2 aromatic carbocycles. The van der Waals surface area contributed by atoms with E-state index < -0.39 is 0 Å². The highest BCUT2D eigenvalue weighted by molar-refractivity contribution is 6.34. The molecule has 18 heavy (non-hydrogen) atoms. The van der Waals surface area contributed by atoms with Crippen molar-refractivity contribution in [2.24, 2.45) is 0 Å². The molecule has 0 amide bonds. The van der Waals surface area contributed by atoms with Crippen LogP contribution in [0, 0.1) is 12.3 Å². The van der Waals surface area contributed by atoms with E-state index >= 15 is 0 Å². The van der Waals surface area contributed by atoms with Gasteiger partial charge in [-0.2, -0.15) is 0 Å². The summed E-state index contributed by atoms with van der Waals surface area (Å²) in [5.41, 5.74) is 2.85. The van der Waals surface area contributed by atoms with E-state index in [4.69, 9.17) is 29.6 Å². The Morgan fingerprint density at radius 3 is 2.44 bits per heavy atom. The Bertz CT molecular complexity index is 579. The van der Waals surface area contributed by atoms with Gasteiger partial charge in [0.25, 0.3) is 0 Å². The minimum atomic E-state index is 0.636. The van der Waals surface area contributed by atoms with E-state index in [2.05, 4.69) is 11.2 Å². The van der Waals surface area contributed by atoms with Crippen molar-refractivity contribution in [3.8, 4) is 12.3 Å². The first-order valence-electron chi connectivity index (χ1n) is 5.43. The average Bonchev–Trinajstić information content (AvgIpc) is 2.35. The topological polar surface area (TPSA) is 12.0 Å². The fourth-order valence-corrected chi connectivity index (χ4v) is 2.21. The summed E-state index contributed by atoms with van der Waals surface area (Å²) in [6.07, 6.45) is 5.35. The summed E-state index contributed by atoms with van der Waals surface area (Å²) in [4.78, 5) is 0. The predicted octanol–water partition coefficient (Wildman–Crippen LogP) is 4.59. The maximum absolute atomic E-state index is 5.94. The molecule has 0 unspecified atom stereocenters. The summed E-state index contributed by atoms with van der Waals surface area (Å²) in [6, 6.07) is 13.2. The molecule has 90 valence electrons. The number of nitrogens with one attached hydrogen (secondary N) is 1. The summed E-state index contributed by atoms with van der Waals surface area (Å²) in [5.74, 6) is 2.60. The highest BCUT2D eigenvalue weighted by atomic mass is 35.5. The number of rotatable bonds is 3. The number of anilines is 1. The van der Waals surface area contributed by atoms with Gasteiger partial charge in [-0.1, -0.05) is 35.2 Å². The van der Waals surface area contributed by atoms with Crippen molar-refractivity contribution in [3.63, 3.8) is 0 Å². The Labute approximate surface area is 117 Å². The Morgan fingerprint density at radius 2 is 1.78 bits per heavy atom. The number of benzene rings is 2. The summed E-state index contributed by atoms with van der Waals surface area (Å²) in [7, 11) is 0. The first kappa shape index (κ1) is 12.8. The Balaban J connectivity index is 2.09. The van der Waals surface area contributed by atoms with E-state index in [9.17, 15) is 0 Å². The first-order valence-corrected chi connectivity index (χ1v) is 6.18. The maximum Gasteiger partial charge on any atom is 0.0424 e. The van der Waals surface area contributed by atoms with Gasteiger partial charge in [0.2, 0.25) is 0 Å². The second kappa shape index (κ2) is 5.82. The zero-order valence-corrected chi connectivity index (χ0v) is 11.1. The van der Waals surface area contributed by atoms with E-state index in [1.165, 1.54) is 0 Å². The van der Waals surface area contributed by atoms with Crippen LogP contribution in [0.15, 0.2) is 42.5 Å². The van der Waals surface area contributed by atoms with Gasteiger partial charge in [-0.15, -0.1) is 6.42 Å². The van der Waals surface area contributed by atoms with Gasteiger partial charge < -0.3 is 5.32 Å². The van der Waals surface area contributed by atoms with Crippen LogP contribution in [0.5, 0.6) is 0 Å². The Morgan fingerprint density at radius 1 is 1.06 bits per heavy atom. The second-order valence-corrected chi connectivity index (χ2v) is 4.73. The highest BCUT2D eigenvalue weighted by Crippen LogP contribution is 2.20. The minimum absolute atomic E-state index is 0.636. The van der Waals surface area contributed by atoms with Gasteiger partial charge in [-0.3, -0.25) is 0 Å². The van der Waals surface area contributed by atoms with E-state index in [1.54, 1.807) is 6.07 Å². The normalized spacial score (nSPS) is 9.83. The lowest BCUT2D eigenvalue weighted by molar-refractivity contribution is 1.15. The van der Waals surface area contributed by atoms with Crippen LogP contribution in [0.3, 0.4) is 0 Å². The molecule has 2 rings (SSSR count). The lowest BCUT2D eigenvalue weighted by atomic mass is 10.2. The van der Waals surface area contributed by atoms with Crippen LogP contribution < -0.4 is 5.32 Å². The molecule has 3 heteroatoms. The van der Waals surface area contributed by atoms with Gasteiger partial charge in [0.05, 0.1) is 0 Å². The van der Waals surface area contributed by atoms with Crippen molar-refractivity contribution in [2.75, 3.05) is 5.32 Å². The molecule has 2 aromatic rings. The lowest BCUT2D eigenvalue weighted by Gasteiger charge is -2.08. The van der Waals surface area contributed by atoms with Gasteiger partial charge in [0.1, 0.15) is 0 Å². The van der Waals surface area contributed by atoms with Crippen LogP contribution in [-0.2, 0) is 6.54 Å². The predicted molar refractivity (Wildman–Crippen MR) is 78.2 cm³/mol. The van der Waals surface area contributed by atoms with Crippen molar-refractivity contribution in [1.82, 2.24) is 0 Å². The lowest BCUT2D eigenvalue weighted by Crippen LogP contribution is -1.99. The minimum Gasteiger partial charge on any atom is -0.381 e. The molecule has 1 nitrogen and oxygen atoms in total. The molecule has 0 radical (unpaired) electrons. The van der Waals surface area contributed by atoms with Gasteiger partial charge in [-0.25, -0.2) is 0 Å². The molecule has 0 spiro atoms. The monoisotopic (exact) mass is 275 g/mol. The van der Waals surface area contributed by atoms with Gasteiger partial charge in [0, 0.05) is 27.8 Å². The quantitative estimate of drug-likeness (QED) is 0.809. The molecule has 0 aliphatic rings. The van der Waals surface area contributed by atoms with E-state index in [0.717, 1.165) is 16.8 Å². The molecule has 0 saturated heterocycles. The summed E-state index contributed by atoms with van der Waals surface area (Å²) in [5, 5.41) is 4.55. The smallest absolute Gasteiger partial charge is 0.0424 e. The zero-order valence-electron chi connectivity index (χ0n) is 9.58. The third-order valence-electron chi connectivity index (χ3n) is 2.45. The van der Waals surface area contributed by atoms with E-state index in [-0.39, 0.29) is 0 Å². The SMILES string of the molecule is C#Cc1cccc(NCc2cc(Cl)cc(Cl)c2)c1. The first-order chi connectivity index (χ1) is 8.67. The second-order valence-electron chi connectivity index (χ2n) is 3.86. The summed E-state index contributed by atoms with van der Waals surface area (Å²) >= 11 is 11.9. The molecule has 0 aliphatic heterocycles. The third-order valence-corrected chi connectivity index (χ3v) is 2.88. The molecule has 0 bridgehead atoms. The molecule has 0 saturated carbocycles. The van der Waals surface area contributed by atoms with Crippen LogP contribution in [0.2, 0.25) is 10.0 Å². The number of hydrogen-bond donors (Lipinski definition) is 1. The van der Waals surface area contributed by atoms with Gasteiger partial charge >= 0.3 is 0 Å². The molecular weight excluding hydrogens is 265 g/mol. The van der Waals surface area contributed by atoms with Gasteiger partial charge in [0.15, 0.2) is 0 Å². The fraction of sp³-hybridized carbons (Fsp3) is 0.0667. The third kappa shape index (κ3) is 3.43. The summed E-state index contributed by atoms with van der Waals surface area (Å²) in [6.45, 7) is 0.647. The number of hydrogen-bond acceptors (Lipinski definition) is 1. The standard InChI is InChI=1S/C15H11Cl2N/c1-2-11-4-3-5-15(8-11)18-10-12-6-13(16)9-14(17)7-12/h1,3-9,18H,10H2. The van der Waals surface area contributed by atoms with Crippen molar-refractivity contribution in [2.45, 2.75) is 6.54 Å². The molecule has 0 aromatic heterocycles. The van der Waals surface area contributed by atoms with E-state index in [0.29, 0.717) is 16.6 Å². The summed E-state index contributed by atoms with van der Waals surface area (Å²) < 4.78 is 0. The largest absolute Gasteiger partial charge is 0.381 e.